The maximum atomic E-state index is 11.3. The molecule has 0 aliphatic heterocycles. The van der Waals surface area contributed by atoms with E-state index in [1.165, 1.54) is 36.4 Å². The smallest absolute Gasteiger partial charge is 0.339 e. The van der Waals surface area contributed by atoms with Crippen LogP contribution in [0, 0.1) is 17.8 Å². The molecule has 0 amide bonds. The molecule has 2 aliphatic rings. The van der Waals surface area contributed by atoms with Gasteiger partial charge in [-0.15, -0.1) is 5.10 Å². The molecular weight excluding hydrogens is 294 g/mol. The van der Waals surface area contributed by atoms with Gasteiger partial charge in [-0.25, -0.2) is 14.5 Å². The average molecular weight is 313 g/mol. The second-order valence-corrected chi connectivity index (χ2v) is 6.43. The fourth-order valence-electron chi connectivity index (χ4n) is 3.14. The zero-order valence-corrected chi connectivity index (χ0v) is 12.8. The molecule has 2 saturated carbocycles. The van der Waals surface area contributed by atoms with Crippen LogP contribution in [0.4, 0.5) is 0 Å². The Morgan fingerprint density at radius 2 is 2.04 bits per heavy atom. The van der Waals surface area contributed by atoms with Crippen molar-refractivity contribution in [3.8, 4) is 11.7 Å². The highest BCUT2D eigenvalue weighted by atomic mass is 16.5. The van der Waals surface area contributed by atoms with Crippen LogP contribution in [0.3, 0.4) is 0 Å². The largest absolute Gasteiger partial charge is 0.478 e. The van der Waals surface area contributed by atoms with E-state index in [1.54, 1.807) is 24.5 Å². The summed E-state index contributed by atoms with van der Waals surface area (Å²) in [4.78, 5) is 15.4. The molecule has 0 unspecified atom stereocenters. The van der Waals surface area contributed by atoms with E-state index in [1.807, 2.05) is 0 Å². The van der Waals surface area contributed by atoms with Crippen molar-refractivity contribution in [2.24, 2.45) is 17.8 Å². The fourth-order valence-corrected chi connectivity index (χ4v) is 3.14. The number of aromatic nitrogens is 3. The van der Waals surface area contributed by atoms with E-state index in [2.05, 4.69) is 10.1 Å². The molecule has 2 aliphatic carbocycles. The number of carbonyl (C=O) groups is 1. The molecule has 0 radical (unpaired) electrons. The summed E-state index contributed by atoms with van der Waals surface area (Å²) in [7, 11) is 0. The van der Waals surface area contributed by atoms with Crippen molar-refractivity contribution in [3.05, 3.63) is 36.2 Å². The highest BCUT2D eigenvalue weighted by Gasteiger charge is 2.41. The topological polar surface area (TPSA) is 77.2 Å². The molecule has 120 valence electrons. The van der Waals surface area contributed by atoms with Gasteiger partial charge < -0.3 is 9.84 Å². The Morgan fingerprint density at radius 1 is 1.30 bits per heavy atom. The lowest BCUT2D eigenvalue weighted by molar-refractivity contribution is 0.0696. The van der Waals surface area contributed by atoms with Gasteiger partial charge >= 0.3 is 5.97 Å². The summed E-state index contributed by atoms with van der Waals surface area (Å²) in [5, 5.41) is 13.6. The van der Waals surface area contributed by atoms with Gasteiger partial charge in [0.05, 0.1) is 6.61 Å². The lowest BCUT2D eigenvalue weighted by Gasteiger charge is -2.14. The summed E-state index contributed by atoms with van der Waals surface area (Å²) in [6, 6.07) is 4.88. The number of carboxylic acid groups (broad SMARTS) is 1. The molecule has 2 fully saturated rings. The summed E-state index contributed by atoms with van der Waals surface area (Å²) >= 11 is 0. The average Bonchev–Trinajstić information content (AvgIpc) is 3.48. The van der Waals surface area contributed by atoms with Gasteiger partial charge in [-0.3, -0.25) is 0 Å². The van der Waals surface area contributed by atoms with Crippen LogP contribution < -0.4 is 4.74 Å². The van der Waals surface area contributed by atoms with Crippen molar-refractivity contribution < 1.29 is 14.6 Å². The Kier molecular flexibility index (Phi) is 3.52. The third-order valence-corrected chi connectivity index (χ3v) is 4.68. The number of hydrogen-bond acceptors (Lipinski definition) is 4. The molecule has 0 saturated heterocycles. The van der Waals surface area contributed by atoms with Crippen LogP contribution in [0.2, 0.25) is 0 Å². The maximum Gasteiger partial charge on any atom is 0.339 e. The second kappa shape index (κ2) is 5.68. The van der Waals surface area contributed by atoms with Crippen molar-refractivity contribution in [2.45, 2.75) is 25.7 Å². The SMILES string of the molecule is O=C(O)c1cccnc1-n1ccc(OCC(C2CC2)C2CC2)n1. The number of aromatic carboxylic acids is 1. The van der Waals surface area contributed by atoms with Crippen LogP contribution in [-0.2, 0) is 0 Å². The first kappa shape index (κ1) is 14.2. The van der Waals surface area contributed by atoms with E-state index in [0.29, 0.717) is 24.2 Å². The normalized spacial score (nSPS) is 17.4. The molecule has 1 N–H and O–H groups in total. The zero-order chi connectivity index (χ0) is 15.8. The Balaban J connectivity index is 1.47. The van der Waals surface area contributed by atoms with Crippen molar-refractivity contribution in [3.63, 3.8) is 0 Å². The second-order valence-electron chi connectivity index (χ2n) is 6.43. The number of pyridine rings is 1. The lowest BCUT2D eigenvalue weighted by Crippen LogP contribution is -2.16. The van der Waals surface area contributed by atoms with Crippen LogP contribution in [0.5, 0.6) is 5.88 Å². The van der Waals surface area contributed by atoms with Crippen molar-refractivity contribution >= 4 is 5.97 Å². The first-order valence-electron chi connectivity index (χ1n) is 8.09. The van der Waals surface area contributed by atoms with Gasteiger partial charge in [0.2, 0.25) is 5.88 Å². The summed E-state index contributed by atoms with van der Waals surface area (Å²) in [6.07, 6.45) is 8.56. The van der Waals surface area contributed by atoms with Gasteiger partial charge in [0.1, 0.15) is 5.56 Å². The molecule has 2 aromatic heterocycles. The van der Waals surface area contributed by atoms with Crippen LogP contribution >= 0.6 is 0 Å². The first-order valence-corrected chi connectivity index (χ1v) is 8.09. The maximum absolute atomic E-state index is 11.3. The summed E-state index contributed by atoms with van der Waals surface area (Å²) in [6.45, 7) is 0.709. The molecule has 0 aromatic carbocycles. The molecule has 6 heteroatoms. The van der Waals surface area contributed by atoms with Crippen molar-refractivity contribution in [1.29, 1.82) is 0 Å². The van der Waals surface area contributed by atoms with Crippen LogP contribution in [0.25, 0.3) is 5.82 Å². The Hall–Kier alpha value is -2.37. The van der Waals surface area contributed by atoms with Crippen LogP contribution in [0.15, 0.2) is 30.6 Å². The quantitative estimate of drug-likeness (QED) is 0.850. The lowest BCUT2D eigenvalue weighted by atomic mass is 9.99. The Morgan fingerprint density at radius 3 is 2.70 bits per heavy atom. The van der Waals surface area contributed by atoms with E-state index in [0.717, 1.165) is 11.8 Å². The van der Waals surface area contributed by atoms with Crippen molar-refractivity contribution in [2.75, 3.05) is 6.61 Å². The third kappa shape index (κ3) is 3.06. The molecule has 0 atom stereocenters. The molecule has 2 aromatic rings. The minimum absolute atomic E-state index is 0.121. The molecule has 6 nitrogen and oxygen atoms in total. The molecule has 0 bridgehead atoms. The number of hydrogen-bond donors (Lipinski definition) is 1. The van der Waals surface area contributed by atoms with E-state index < -0.39 is 5.97 Å². The van der Waals surface area contributed by atoms with Gasteiger partial charge in [0.25, 0.3) is 0 Å². The number of rotatable bonds is 7. The van der Waals surface area contributed by atoms with E-state index >= 15 is 0 Å². The van der Waals surface area contributed by atoms with Gasteiger partial charge in [-0.05, 0) is 55.6 Å². The van der Waals surface area contributed by atoms with Crippen molar-refractivity contribution in [1.82, 2.24) is 14.8 Å². The van der Waals surface area contributed by atoms with E-state index in [9.17, 15) is 9.90 Å². The van der Waals surface area contributed by atoms with Gasteiger partial charge in [-0.2, -0.15) is 0 Å². The van der Waals surface area contributed by atoms with Gasteiger partial charge in [0, 0.05) is 18.5 Å². The van der Waals surface area contributed by atoms with E-state index in [-0.39, 0.29) is 5.56 Å². The van der Waals surface area contributed by atoms with E-state index in [4.69, 9.17) is 4.74 Å². The Bertz CT molecular complexity index is 707. The first-order chi connectivity index (χ1) is 11.2. The molecule has 4 rings (SSSR count). The Labute approximate surface area is 134 Å². The van der Waals surface area contributed by atoms with Crippen LogP contribution in [0.1, 0.15) is 36.0 Å². The van der Waals surface area contributed by atoms with Crippen LogP contribution in [-0.4, -0.2) is 32.4 Å². The number of carboxylic acids is 1. The summed E-state index contributed by atoms with van der Waals surface area (Å²) in [5.41, 5.74) is 0.121. The highest BCUT2D eigenvalue weighted by molar-refractivity contribution is 5.90. The van der Waals surface area contributed by atoms with Gasteiger partial charge in [0.15, 0.2) is 5.82 Å². The monoisotopic (exact) mass is 313 g/mol. The molecular formula is C17H19N3O3. The fraction of sp³-hybridized carbons (Fsp3) is 0.471. The number of nitrogens with zero attached hydrogens (tertiary/aromatic N) is 3. The predicted molar refractivity (Wildman–Crippen MR) is 82.8 cm³/mol. The summed E-state index contributed by atoms with van der Waals surface area (Å²) < 4.78 is 7.33. The molecule has 23 heavy (non-hydrogen) atoms. The summed E-state index contributed by atoms with van der Waals surface area (Å²) in [5.74, 6) is 2.13. The minimum atomic E-state index is -1.02. The molecule has 2 heterocycles. The molecule has 0 spiro atoms. The third-order valence-electron chi connectivity index (χ3n) is 4.68. The minimum Gasteiger partial charge on any atom is -0.478 e. The highest BCUT2D eigenvalue weighted by Crippen LogP contribution is 2.49. The predicted octanol–water partition coefficient (Wildman–Crippen LogP) is 2.78. The standard InChI is InChI=1S/C17H19N3O3/c21-17(22)13-2-1-8-18-16(13)20-9-7-15(19-20)23-10-14(11-3-4-11)12-5-6-12/h1-2,7-9,11-12,14H,3-6,10H2,(H,21,22). The number of ether oxygens (including phenoxy) is 1. The zero-order valence-electron chi connectivity index (χ0n) is 12.8. The van der Waals surface area contributed by atoms with Gasteiger partial charge in [-0.1, -0.05) is 0 Å².